The summed E-state index contributed by atoms with van der Waals surface area (Å²) in [6.07, 6.45) is -0.0981. The van der Waals surface area contributed by atoms with Gasteiger partial charge in [0.2, 0.25) is 5.91 Å². The number of nitrogens with one attached hydrogen (secondary N) is 1. The molecule has 0 atom stereocenters. The predicted octanol–water partition coefficient (Wildman–Crippen LogP) is 6.79. The van der Waals surface area contributed by atoms with Crippen LogP contribution in [0.4, 0.5) is 0 Å². The van der Waals surface area contributed by atoms with Crippen LogP contribution in [0.2, 0.25) is 0 Å². The van der Waals surface area contributed by atoms with Crippen molar-refractivity contribution in [2.75, 3.05) is 0 Å². The molecular formula is C31H30N2O5S2. The van der Waals surface area contributed by atoms with Crippen molar-refractivity contribution >= 4 is 38.2 Å². The Labute approximate surface area is 237 Å². The summed E-state index contributed by atoms with van der Waals surface area (Å²) in [7, 11) is -3.97. The van der Waals surface area contributed by atoms with Gasteiger partial charge in [0.15, 0.2) is 10.8 Å². The van der Waals surface area contributed by atoms with Gasteiger partial charge in [-0.3, -0.25) is 4.79 Å². The summed E-state index contributed by atoms with van der Waals surface area (Å²) >= 11 is 1.56. The first-order valence-corrected chi connectivity index (χ1v) is 15.2. The molecule has 1 N–H and O–H groups in total. The first kappa shape index (κ1) is 27.6. The van der Waals surface area contributed by atoms with E-state index in [0.717, 1.165) is 27.2 Å². The monoisotopic (exact) mass is 574 g/mol. The van der Waals surface area contributed by atoms with Crippen LogP contribution in [0.1, 0.15) is 43.2 Å². The average molecular weight is 575 g/mol. The molecule has 0 spiro atoms. The summed E-state index contributed by atoms with van der Waals surface area (Å²) in [5, 5.41) is 3.79. The fourth-order valence-electron chi connectivity index (χ4n) is 4.25. The average Bonchev–Trinajstić information content (AvgIpc) is 3.55. The van der Waals surface area contributed by atoms with Crippen LogP contribution in [0.3, 0.4) is 0 Å². The molecule has 5 aromatic rings. The van der Waals surface area contributed by atoms with Gasteiger partial charge in [0, 0.05) is 16.2 Å². The number of benzene rings is 3. The van der Waals surface area contributed by atoms with Crippen LogP contribution in [0, 0.1) is 6.92 Å². The second-order valence-corrected chi connectivity index (χ2v) is 13.1. The number of carbonyl (C=O) groups excluding carboxylic acids is 1. The molecule has 2 aromatic heterocycles. The standard InChI is InChI=1S/C31H30N2O5S2/c1-20-9-5-8-12-27(20)40(35,36)33-29(34)17-21-10-6-7-11-22(21)18-37-24-13-14-25-23(15-24)16-26(38-25)30-32-28(19-39-30)31(2,3)4/h5-16,19H,17-18H2,1-4H3,(H,33,34). The van der Waals surface area contributed by atoms with Crippen LogP contribution in [0.5, 0.6) is 5.75 Å². The van der Waals surface area contributed by atoms with E-state index in [1.807, 2.05) is 42.5 Å². The fraction of sp³-hybridized carbons (Fsp3) is 0.226. The summed E-state index contributed by atoms with van der Waals surface area (Å²) in [4.78, 5) is 17.5. The highest BCUT2D eigenvalue weighted by atomic mass is 32.2. The minimum absolute atomic E-state index is 0.0338. The smallest absolute Gasteiger partial charge is 0.264 e. The normalized spacial score (nSPS) is 12.0. The first-order valence-electron chi connectivity index (χ1n) is 12.8. The molecule has 40 heavy (non-hydrogen) atoms. The number of furan rings is 1. The van der Waals surface area contributed by atoms with Gasteiger partial charge in [-0.25, -0.2) is 18.1 Å². The van der Waals surface area contributed by atoms with Crippen molar-refractivity contribution in [2.24, 2.45) is 0 Å². The van der Waals surface area contributed by atoms with E-state index >= 15 is 0 Å². The molecule has 9 heteroatoms. The van der Waals surface area contributed by atoms with Crippen molar-refractivity contribution in [3.05, 3.63) is 101 Å². The number of thiazole rings is 1. The minimum Gasteiger partial charge on any atom is -0.489 e. The van der Waals surface area contributed by atoms with E-state index in [9.17, 15) is 13.2 Å². The van der Waals surface area contributed by atoms with Crippen LogP contribution >= 0.6 is 11.3 Å². The Balaban J connectivity index is 1.27. The number of aryl methyl sites for hydroxylation is 1. The third-order valence-corrected chi connectivity index (χ3v) is 8.86. The van der Waals surface area contributed by atoms with Gasteiger partial charge in [-0.1, -0.05) is 63.2 Å². The number of nitrogens with zero attached hydrogens (tertiary/aromatic N) is 1. The molecule has 0 radical (unpaired) electrons. The Morgan fingerprint density at radius 1 is 1.00 bits per heavy atom. The minimum atomic E-state index is -3.97. The number of ether oxygens (including phenoxy) is 1. The Hall–Kier alpha value is -3.95. The third-order valence-electron chi connectivity index (χ3n) is 6.47. The number of carbonyl (C=O) groups is 1. The summed E-state index contributed by atoms with van der Waals surface area (Å²) in [5.41, 5.74) is 3.77. The summed E-state index contributed by atoms with van der Waals surface area (Å²) < 4.78 is 39.7. The second-order valence-electron chi connectivity index (χ2n) is 10.6. The molecule has 0 fully saturated rings. The molecule has 3 aromatic carbocycles. The van der Waals surface area contributed by atoms with Gasteiger partial charge >= 0.3 is 0 Å². The summed E-state index contributed by atoms with van der Waals surface area (Å²) in [5.74, 6) is 0.750. The van der Waals surface area contributed by atoms with Crippen LogP contribution in [-0.2, 0) is 33.3 Å². The van der Waals surface area contributed by atoms with Gasteiger partial charge in [-0.15, -0.1) is 11.3 Å². The highest BCUT2D eigenvalue weighted by molar-refractivity contribution is 7.90. The topological polar surface area (TPSA) is 98.5 Å². The van der Waals surface area contributed by atoms with Crippen LogP contribution in [0.15, 0.2) is 87.5 Å². The quantitative estimate of drug-likeness (QED) is 0.219. The number of fused-ring (bicyclic) bond motifs is 1. The number of hydrogen-bond acceptors (Lipinski definition) is 7. The van der Waals surface area contributed by atoms with E-state index in [1.165, 1.54) is 6.07 Å². The zero-order valence-electron chi connectivity index (χ0n) is 22.7. The van der Waals surface area contributed by atoms with E-state index in [4.69, 9.17) is 14.1 Å². The molecule has 0 saturated heterocycles. The third kappa shape index (κ3) is 6.11. The molecular weight excluding hydrogens is 544 g/mol. The van der Waals surface area contributed by atoms with Crippen LogP contribution in [-0.4, -0.2) is 19.3 Å². The maximum Gasteiger partial charge on any atom is 0.264 e. The van der Waals surface area contributed by atoms with Gasteiger partial charge in [-0.05, 0) is 53.9 Å². The Morgan fingerprint density at radius 2 is 1.73 bits per heavy atom. The second kappa shape index (κ2) is 10.9. The molecule has 2 heterocycles. The van der Waals surface area contributed by atoms with Crippen molar-refractivity contribution < 1.29 is 22.4 Å². The maximum absolute atomic E-state index is 12.7. The number of amides is 1. The summed E-state index contributed by atoms with van der Waals surface area (Å²) in [6.45, 7) is 8.30. The Morgan fingerprint density at radius 3 is 2.45 bits per heavy atom. The van der Waals surface area contributed by atoms with E-state index in [2.05, 4.69) is 30.9 Å². The number of hydrogen-bond donors (Lipinski definition) is 1. The van der Waals surface area contributed by atoms with Gasteiger partial charge in [0.25, 0.3) is 10.0 Å². The van der Waals surface area contributed by atoms with Crippen LogP contribution in [0.25, 0.3) is 21.7 Å². The molecule has 5 rings (SSSR count). The number of aromatic nitrogens is 1. The number of rotatable bonds is 8. The maximum atomic E-state index is 12.7. The predicted molar refractivity (Wildman–Crippen MR) is 157 cm³/mol. The highest BCUT2D eigenvalue weighted by Gasteiger charge is 2.21. The Bertz CT molecular complexity index is 1800. The number of sulfonamides is 1. The van der Waals surface area contributed by atoms with Crippen molar-refractivity contribution in [2.45, 2.75) is 51.0 Å². The molecule has 0 aliphatic carbocycles. The molecule has 0 unspecified atom stereocenters. The SMILES string of the molecule is Cc1ccccc1S(=O)(=O)NC(=O)Cc1ccccc1COc1ccc2oc(-c3nc(C(C)(C)C)cs3)cc2c1. The lowest BCUT2D eigenvalue weighted by atomic mass is 9.93. The van der Waals surface area contributed by atoms with Gasteiger partial charge in [0.1, 0.15) is 17.9 Å². The lowest BCUT2D eigenvalue weighted by Crippen LogP contribution is -2.32. The van der Waals surface area contributed by atoms with E-state index in [1.54, 1.807) is 42.5 Å². The van der Waals surface area contributed by atoms with Crippen molar-refractivity contribution in [1.29, 1.82) is 0 Å². The van der Waals surface area contributed by atoms with Gasteiger partial charge in [0.05, 0.1) is 17.0 Å². The van der Waals surface area contributed by atoms with Crippen molar-refractivity contribution in [3.8, 4) is 16.5 Å². The highest BCUT2D eigenvalue weighted by Crippen LogP contribution is 2.34. The molecule has 7 nitrogen and oxygen atoms in total. The van der Waals surface area contributed by atoms with Crippen molar-refractivity contribution in [1.82, 2.24) is 9.71 Å². The first-order chi connectivity index (χ1) is 19.0. The van der Waals surface area contributed by atoms with E-state index in [-0.39, 0.29) is 23.3 Å². The van der Waals surface area contributed by atoms with Gasteiger partial charge < -0.3 is 9.15 Å². The largest absolute Gasteiger partial charge is 0.489 e. The molecule has 1 amide bonds. The lowest BCUT2D eigenvalue weighted by Gasteiger charge is -2.13. The lowest BCUT2D eigenvalue weighted by molar-refractivity contribution is -0.118. The Kier molecular flexibility index (Phi) is 7.53. The summed E-state index contributed by atoms with van der Waals surface area (Å²) in [6, 6.07) is 21.4. The molecule has 206 valence electrons. The zero-order valence-corrected chi connectivity index (χ0v) is 24.4. The molecule has 0 aliphatic rings. The zero-order chi connectivity index (χ0) is 28.5. The molecule has 0 bridgehead atoms. The fourth-order valence-corrected chi connectivity index (χ4v) is 6.48. The van der Waals surface area contributed by atoms with Gasteiger partial charge in [-0.2, -0.15) is 0 Å². The molecule has 0 aliphatic heterocycles. The van der Waals surface area contributed by atoms with E-state index < -0.39 is 15.9 Å². The van der Waals surface area contributed by atoms with Crippen molar-refractivity contribution in [3.63, 3.8) is 0 Å². The van der Waals surface area contributed by atoms with E-state index in [0.29, 0.717) is 22.6 Å². The molecule has 0 saturated carbocycles. The van der Waals surface area contributed by atoms with Crippen LogP contribution < -0.4 is 9.46 Å².